The molecule has 0 radical (unpaired) electrons. The predicted molar refractivity (Wildman–Crippen MR) is 82.6 cm³/mol. The Morgan fingerprint density at radius 3 is 2.62 bits per heavy atom. The lowest BCUT2D eigenvalue weighted by Crippen LogP contribution is -2.04. The van der Waals surface area contributed by atoms with Crippen LogP contribution in [0.25, 0.3) is 11.0 Å². The zero-order valence-electron chi connectivity index (χ0n) is 12.2. The minimum absolute atomic E-state index is 0.564. The standard InChI is InChI=1S/C18H18O3/c1-3-20-15-10-6-5-9-14(15)18(19)17-12(2)21-16-11-7-4-8-13(16)17/h4-11,18-19H,3H2,1-2H3. The third-order valence-corrected chi connectivity index (χ3v) is 3.61. The van der Waals surface area contributed by atoms with Crippen molar-refractivity contribution in [2.75, 3.05) is 6.61 Å². The average Bonchev–Trinajstić information content (AvgIpc) is 2.83. The molecule has 3 aromatic rings. The van der Waals surface area contributed by atoms with E-state index in [2.05, 4.69) is 0 Å². The molecule has 0 saturated heterocycles. The van der Waals surface area contributed by atoms with Gasteiger partial charge in [-0.15, -0.1) is 0 Å². The van der Waals surface area contributed by atoms with Gasteiger partial charge in [0.1, 0.15) is 23.2 Å². The van der Waals surface area contributed by atoms with Gasteiger partial charge >= 0.3 is 0 Å². The smallest absolute Gasteiger partial charge is 0.134 e. The van der Waals surface area contributed by atoms with Gasteiger partial charge < -0.3 is 14.3 Å². The summed E-state index contributed by atoms with van der Waals surface area (Å²) in [5.74, 6) is 1.44. The van der Waals surface area contributed by atoms with Crippen molar-refractivity contribution < 1.29 is 14.3 Å². The van der Waals surface area contributed by atoms with Gasteiger partial charge in [0, 0.05) is 16.5 Å². The zero-order valence-corrected chi connectivity index (χ0v) is 12.2. The monoisotopic (exact) mass is 282 g/mol. The van der Waals surface area contributed by atoms with Crippen LogP contribution in [-0.4, -0.2) is 11.7 Å². The van der Waals surface area contributed by atoms with Crippen molar-refractivity contribution in [1.29, 1.82) is 0 Å². The van der Waals surface area contributed by atoms with E-state index < -0.39 is 6.10 Å². The largest absolute Gasteiger partial charge is 0.493 e. The van der Waals surface area contributed by atoms with Crippen molar-refractivity contribution in [3.8, 4) is 5.75 Å². The highest BCUT2D eigenvalue weighted by molar-refractivity contribution is 5.83. The second-order valence-corrected chi connectivity index (χ2v) is 4.94. The van der Waals surface area contributed by atoms with Gasteiger partial charge in [0.05, 0.1) is 6.61 Å². The number of hydrogen-bond donors (Lipinski definition) is 1. The minimum Gasteiger partial charge on any atom is -0.493 e. The van der Waals surface area contributed by atoms with Crippen molar-refractivity contribution in [1.82, 2.24) is 0 Å². The summed E-state index contributed by atoms with van der Waals surface area (Å²) in [5.41, 5.74) is 2.35. The number of aliphatic hydroxyl groups excluding tert-OH is 1. The SMILES string of the molecule is CCOc1ccccc1C(O)c1c(C)oc2ccccc12. The highest BCUT2D eigenvalue weighted by atomic mass is 16.5. The van der Waals surface area contributed by atoms with Crippen LogP contribution in [0.2, 0.25) is 0 Å². The molecule has 0 aliphatic carbocycles. The van der Waals surface area contributed by atoms with E-state index in [4.69, 9.17) is 9.15 Å². The van der Waals surface area contributed by atoms with Crippen LogP contribution in [0.5, 0.6) is 5.75 Å². The first-order valence-electron chi connectivity index (χ1n) is 7.10. The Kier molecular flexibility index (Phi) is 3.67. The molecule has 108 valence electrons. The van der Waals surface area contributed by atoms with Crippen LogP contribution in [0, 0.1) is 6.92 Å². The first-order valence-corrected chi connectivity index (χ1v) is 7.10. The van der Waals surface area contributed by atoms with E-state index in [0.717, 1.165) is 27.9 Å². The maximum absolute atomic E-state index is 10.8. The summed E-state index contributed by atoms with van der Waals surface area (Å²) in [5, 5.41) is 11.8. The predicted octanol–water partition coefficient (Wildman–Crippen LogP) is 4.22. The molecule has 3 rings (SSSR count). The third-order valence-electron chi connectivity index (χ3n) is 3.61. The third kappa shape index (κ3) is 2.41. The van der Waals surface area contributed by atoms with Gasteiger partial charge in [0.15, 0.2) is 0 Å². The first kappa shape index (κ1) is 13.7. The molecular formula is C18H18O3. The fourth-order valence-electron chi connectivity index (χ4n) is 2.68. The van der Waals surface area contributed by atoms with Crippen LogP contribution in [0.15, 0.2) is 52.9 Å². The summed E-state index contributed by atoms with van der Waals surface area (Å²) < 4.78 is 11.4. The normalized spacial score (nSPS) is 12.5. The van der Waals surface area contributed by atoms with Gasteiger partial charge in [-0.2, -0.15) is 0 Å². The highest BCUT2D eigenvalue weighted by Gasteiger charge is 2.22. The summed E-state index contributed by atoms with van der Waals surface area (Å²) in [6, 6.07) is 15.3. The molecular weight excluding hydrogens is 264 g/mol. The second-order valence-electron chi connectivity index (χ2n) is 4.94. The number of rotatable bonds is 4. The van der Waals surface area contributed by atoms with E-state index in [0.29, 0.717) is 12.4 Å². The lowest BCUT2D eigenvalue weighted by molar-refractivity contribution is 0.211. The summed E-state index contributed by atoms with van der Waals surface area (Å²) in [7, 11) is 0. The van der Waals surface area contributed by atoms with E-state index in [1.165, 1.54) is 0 Å². The van der Waals surface area contributed by atoms with Gasteiger partial charge in [-0.05, 0) is 26.0 Å². The Bertz CT molecular complexity index is 758. The average molecular weight is 282 g/mol. The van der Waals surface area contributed by atoms with Gasteiger partial charge in [-0.1, -0.05) is 36.4 Å². The number of para-hydroxylation sites is 2. The summed E-state index contributed by atoms with van der Waals surface area (Å²) in [6.07, 6.45) is -0.767. The molecule has 1 unspecified atom stereocenters. The Morgan fingerprint density at radius 1 is 1.10 bits per heavy atom. The maximum Gasteiger partial charge on any atom is 0.134 e. The number of fused-ring (bicyclic) bond motifs is 1. The van der Waals surface area contributed by atoms with E-state index in [-0.39, 0.29) is 0 Å². The Morgan fingerprint density at radius 2 is 1.81 bits per heavy atom. The molecule has 0 aliphatic heterocycles. The second kappa shape index (κ2) is 5.62. The van der Waals surface area contributed by atoms with E-state index in [1.54, 1.807) is 0 Å². The Labute approximate surface area is 123 Å². The number of aliphatic hydroxyl groups is 1. The molecule has 1 N–H and O–H groups in total. The molecule has 3 nitrogen and oxygen atoms in total. The molecule has 1 atom stereocenters. The van der Waals surface area contributed by atoms with E-state index in [1.807, 2.05) is 62.4 Å². The van der Waals surface area contributed by atoms with Crippen LogP contribution in [-0.2, 0) is 0 Å². The number of furan rings is 1. The molecule has 0 spiro atoms. The first-order chi connectivity index (χ1) is 10.2. The summed E-state index contributed by atoms with van der Waals surface area (Å²) in [4.78, 5) is 0. The molecule has 0 amide bonds. The zero-order chi connectivity index (χ0) is 14.8. The van der Waals surface area contributed by atoms with Crippen molar-refractivity contribution >= 4 is 11.0 Å². The number of benzene rings is 2. The van der Waals surface area contributed by atoms with E-state index in [9.17, 15) is 5.11 Å². The molecule has 0 aliphatic rings. The summed E-state index contributed by atoms with van der Waals surface area (Å²) in [6.45, 7) is 4.37. The fourth-order valence-corrected chi connectivity index (χ4v) is 2.68. The molecule has 21 heavy (non-hydrogen) atoms. The Hall–Kier alpha value is -2.26. The van der Waals surface area contributed by atoms with Gasteiger partial charge in [0.25, 0.3) is 0 Å². The van der Waals surface area contributed by atoms with Crippen LogP contribution in [0.4, 0.5) is 0 Å². The van der Waals surface area contributed by atoms with Gasteiger partial charge in [-0.3, -0.25) is 0 Å². The van der Waals surface area contributed by atoms with Crippen LogP contribution < -0.4 is 4.74 Å². The molecule has 0 bridgehead atoms. The lowest BCUT2D eigenvalue weighted by Gasteiger charge is -2.15. The molecule has 0 saturated carbocycles. The van der Waals surface area contributed by atoms with Gasteiger partial charge in [0.2, 0.25) is 0 Å². The maximum atomic E-state index is 10.8. The topological polar surface area (TPSA) is 42.6 Å². The Balaban J connectivity index is 2.13. The number of hydrogen-bond acceptors (Lipinski definition) is 3. The molecule has 3 heteroatoms. The number of aryl methyl sites for hydroxylation is 1. The fraction of sp³-hybridized carbons (Fsp3) is 0.222. The summed E-state index contributed by atoms with van der Waals surface area (Å²) >= 11 is 0. The lowest BCUT2D eigenvalue weighted by atomic mass is 9.98. The van der Waals surface area contributed by atoms with E-state index >= 15 is 0 Å². The van der Waals surface area contributed by atoms with Crippen LogP contribution in [0.1, 0.15) is 29.9 Å². The number of ether oxygens (including phenoxy) is 1. The highest BCUT2D eigenvalue weighted by Crippen LogP contribution is 2.37. The molecule has 2 aromatic carbocycles. The molecule has 1 aromatic heterocycles. The minimum atomic E-state index is -0.767. The van der Waals surface area contributed by atoms with Crippen LogP contribution >= 0.6 is 0 Å². The van der Waals surface area contributed by atoms with Crippen LogP contribution in [0.3, 0.4) is 0 Å². The molecule has 0 fully saturated rings. The van der Waals surface area contributed by atoms with Crippen molar-refractivity contribution in [2.45, 2.75) is 20.0 Å². The van der Waals surface area contributed by atoms with Crippen molar-refractivity contribution in [3.63, 3.8) is 0 Å². The van der Waals surface area contributed by atoms with Crippen molar-refractivity contribution in [3.05, 3.63) is 65.4 Å². The van der Waals surface area contributed by atoms with Crippen molar-refractivity contribution in [2.24, 2.45) is 0 Å². The quantitative estimate of drug-likeness (QED) is 0.779. The van der Waals surface area contributed by atoms with Gasteiger partial charge in [-0.25, -0.2) is 0 Å². The molecule has 1 heterocycles.